The molecule has 2 heteroatoms. The molecule has 0 unspecified atom stereocenters. The summed E-state index contributed by atoms with van der Waals surface area (Å²) in [5, 5.41) is 2.95. The predicted molar refractivity (Wildman–Crippen MR) is 45.6 cm³/mol. The van der Waals surface area contributed by atoms with Crippen molar-refractivity contribution < 1.29 is 4.39 Å². The van der Waals surface area contributed by atoms with Gasteiger partial charge in [-0.3, -0.25) is 0 Å². The summed E-state index contributed by atoms with van der Waals surface area (Å²) in [5.41, 5.74) is 2.20. The molecule has 0 fully saturated rings. The fourth-order valence-corrected chi connectivity index (χ4v) is 0.863. The third-order valence-corrected chi connectivity index (χ3v) is 1.48. The standard InChI is InChI=1S/C9H12FN/c1-8-2-4-9(5-3-8)11-7-6-10/h2-5,11H,6-7H2,1H3. The Morgan fingerprint density at radius 2 is 1.91 bits per heavy atom. The molecule has 60 valence electrons. The van der Waals surface area contributed by atoms with Crippen LogP contribution >= 0.6 is 0 Å². The zero-order valence-electron chi connectivity index (χ0n) is 6.60. The van der Waals surface area contributed by atoms with Gasteiger partial charge in [0.2, 0.25) is 0 Å². The fourth-order valence-electron chi connectivity index (χ4n) is 0.863. The van der Waals surface area contributed by atoms with Crippen molar-refractivity contribution in [2.75, 3.05) is 18.5 Å². The smallest absolute Gasteiger partial charge is 0.107 e. The lowest BCUT2D eigenvalue weighted by Gasteiger charge is -2.02. The Kier molecular flexibility index (Phi) is 2.90. The lowest BCUT2D eigenvalue weighted by atomic mass is 10.2. The third-order valence-electron chi connectivity index (χ3n) is 1.48. The van der Waals surface area contributed by atoms with Crippen molar-refractivity contribution in [1.29, 1.82) is 0 Å². The topological polar surface area (TPSA) is 12.0 Å². The second kappa shape index (κ2) is 3.96. The second-order valence-corrected chi connectivity index (χ2v) is 2.48. The van der Waals surface area contributed by atoms with Crippen LogP contribution in [0.25, 0.3) is 0 Å². The van der Waals surface area contributed by atoms with E-state index in [4.69, 9.17) is 0 Å². The highest BCUT2D eigenvalue weighted by Gasteiger charge is 1.88. The van der Waals surface area contributed by atoms with Gasteiger partial charge in [0.25, 0.3) is 0 Å². The Morgan fingerprint density at radius 1 is 1.27 bits per heavy atom. The highest BCUT2D eigenvalue weighted by Crippen LogP contribution is 2.07. The molecular weight excluding hydrogens is 141 g/mol. The van der Waals surface area contributed by atoms with Gasteiger partial charge in [-0.05, 0) is 19.1 Å². The van der Waals surface area contributed by atoms with Gasteiger partial charge in [0, 0.05) is 12.2 Å². The molecule has 0 aliphatic heterocycles. The molecule has 0 aliphatic rings. The minimum atomic E-state index is -0.326. The quantitative estimate of drug-likeness (QED) is 0.703. The Labute approximate surface area is 66.2 Å². The zero-order valence-corrected chi connectivity index (χ0v) is 6.60. The van der Waals surface area contributed by atoms with Gasteiger partial charge in [-0.1, -0.05) is 17.7 Å². The van der Waals surface area contributed by atoms with Gasteiger partial charge in [0.05, 0.1) is 0 Å². The Bertz CT molecular complexity index is 205. The van der Waals surface area contributed by atoms with Crippen LogP contribution in [0.1, 0.15) is 5.56 Å². The highest BCUT2D eigenvalue weighted by molar-refractivity contribution is 5.44. The summed E-state index contributed by atoms with van der Waals surface area (Å²) in [4.78, 5) is 0. The molecule has 0 atom stereocenters. The van der Waals surface area contributed by atoms with Crippen LogP contribution in [-0.2, 0) is 0 Å². The van der Waals surface area contributed by atoms with Crippen molar-refractivity contribution in [2.45, 2.75) is 6.92 Å². The molecular formula is C9H12FN. The number of rotatable bonds is 3. The molecule has 0 saturated heterocycles. The average Bonchev–Trinajstić information content (AvgIpc) is 2.04. The van der Waals surface area contributed by atoms with Crippen molar-refractivity contribution >= 4 is 5.69 Å². The van der Waals surface area contributed by atoms with Crippen molar-refractivity contribution in [2.24, 2.45) is 0 Å². The van der Waals surface area contributed by atoms with E-state index >= 15 is 0 Å². The molecule has 1 nitrogen and oxygen atoms in total. The van der Waals surface area contributed by atoms with E-state index in [0.29, 0.717) is 6.54 Å². The highest BCUT2D eigenvalue weighted by atomic mass is 19.1. The summed E-state index contributed by atoms with van der Waals surface area (Å²) in [7, 11) is 0. The number of anilines is 1. The number of benzene rings is 1. The van der Waals surface area contributed by atoms with Crippen LogP contribution in [-0.4, -0.2) is 13.2 Å². The van der Waals surface area contributed by atoms with Crippen LogP contribution in [0.15, 0.2) is 24.3 Å². The van der Waals surface area contributed by atoms with E-state index in [0.717, 1.165) is 5.69 Å². The molecule has 11 heavy (non-hydrogen) atoms. The minimum Gasteiger partial charge on any atom is -0.382 e. The fraction of sp³-hybridized carbons (Fsp3) is 0.333. The molecule has 1 rings (SSSR count). The minimum absolute atomic E-state index is 0.326. The second-order valence-electron chi connectivity index (χ2n) is 2.48. The van der Waals surface area contributed by atoms with Gasteiger partial charge < -0.3 is 5.32 Å². The van der Waals surface area contributed by atoms with Gasteiger partial charge >= 0.3 is 0 Å². The number of hydrogen-bond acceptors (Lipinski definition) is 1. The van der Waals surface area contributed by atoms with Crippen LogP contribution in [0.2, 0.25) is 0 Å². The summed E-state index contributed by atoms with van der Waals surface area (Å²) < 4.78 is 11.7. The monoisotopic (exact) mass is 153 g/mol. The van der Waals surface area contributed by atoms with E-state index in [2.05, 4.69) is 5.32 Å². The van der Waals surface area contributed by atoms with E-state index in [-0.39, 0.29) is 6.67 Å². The summed E-state index contributed by atoms with van der Waals surface area (Å²) in [6.45, 7) is 2.09. The van der Waals surface area contributed by atoms with Gasteiger partial charge in [-0.15, -0.1) is 0 Å². The molecule has 0 spiro atoms. The van der Waals surface area contributed by atoms with Crippen molar-refractivity contribution in [3.05, 3.63) is 29.8 Å². The van der Waals surface area contributed by atoms with E-state index in [1.54, 1.807) is 0 Å². The van der Waals surface area contributed by atoms with E-state index in [1.165, 1.54) is 5.56 Å². The Hall–Kier alpha value is -1.05. The predicted octanol–water partition coefficient (Wildman–Crippen LogP) is 2.38. The molecule has 0 heterocycles. The lowest BCUT2D eigenvalue weighted by Crippen LogP contribution is -2.02. The first kappa shape index (κ1) is 8.05. The van der Waals surface area contributed by atoms with Gasteiger partial charge in [-0.2, -0.15) is 0 Å². The maximum absolute atomic E-state index is 11.7. The van der Waals surface area contributed by atoms with Crippen LogP contribution in [0.3, 0.4) is 0 Å². The van der Waals surface area contributed by atoms with E-state index in [1.807, 2.05) is 31.2 Å². The van der Waals surface area contributed by atoms with Gasteiger partial charge in [0.1, 0.15) is 6.67 Å². The number of hydrogen-bond donors (Lipinski definition) is 1. The summed E-state index contributed by atoms with van der Waals surface area (Å²) in [6, 6.07) is 7.90. The zero-order chi connectivity index (χ0) is 8.10. The van der Waals surface area contributed by atoms with Crippen LogP contribution in [0.4, 0.5) is 10.1 Å². The molecule has 0 radical (unpaired) electrons. The molecule has 1 aromatic rings. The van der Waals surface area contributed by atoms with E-state index < -0.39 is 0 Å². The van der Waals surface area contributed by atoms with Crippen molar-refractivity contribution in [1.82, 2.24) is 0 Å². The van der Waals surface area contributed by atoms with Gasteiger partial charge in [-0.25, -0.2) is 4.39 Å². The summed E-state index contributed by atoms with van der Waals surface area (Å²) in [6.07, 6.45) is 0. The maximum Gasteiger partial charge on any atom is 0.107 e. The van der Waals surface area contributed by atoms with Gasteiger partial charge in [0.15, 0.2) is 0 Å². The first-order valence-corrected chi connectivity index (χ1v) is 3.69. The van der Waals surface area contributed by atoms with E-state index in [9.17, 15) is 4.39 Å². The number of nitrogens with one attached hydrogen (secondary N) is 1. The van der Waals surface area contributed by atoms with Crippen molar-refractivity contribution in [3.63, 3.8) is 0 Å². The molecule has 0 amide bonds. The third kappa shape index (κ3) is 2.58. The number of aryl methyl sites for hydroxylation is 1. The van der Waals surface area contributed by atoms with Crippen LogP contribution < -0.4 is 5.32 Å². The SMILES string of the molecule is Cc1ccc(NCCF)cc1. The molecule has 0 aliphatic carbocycles. The van der Waals surface area contributed by atoms with Crippen LogP contribution in [0.5, 0.6) is 0 Å². The number of halogens is 1. The first-order chi connectivity index (χ1) is 5.33. The summed E-state index contributed by atoms with van der Waals surface area (Å²) >= 11 is 0. The molecule has 0 bridgehead atoms. The molecule has 1 N–H and O–H groups in total. The van der Waals surface area contributed by atoms with Crippen molar-refractivity contribution in [3.8, 4) is 0 Å². The Balaban J connectivity index is 2.52. The summed E-state index contributed by atoms with van der Waals surface area (Å²) in [5.74, 6) is 0. The largest absolute Gasteiger partial charge is 0.382 e. The molecule has 0 saturated carbocycles. The average molecular weight is 153 g/mol. The molecule has 0 aromatic heterocycles. The normalized spacial score (nSPS) is 9.64. The Morgan fingerprint density at radius 3 is 2.45 bits per heavy atom. The number of alkyl halides is 1. The molecule has 1 aromatic carbocycles. The first-order valence-electron chi connectivity index (χ1n) is 3.69. The lowest BCUT2D eigenvalue weighted by molar-refractivity contribution is 0.513. The van der Waals surface area contributed by atoms with Crippen LogP contribution in [0, 0.1) is 6.92 Å². The maximum atomic E-state index is 11.7.